The van der Waals surface area contributed by atoms with Gasteiger partial charge in [-0.3, -0.25) is 9.78 Å². The van der Waals surface area contributed by atoms with E-state index in [0.29, 0.717) is 48.0 Å². The molecule has 0 aliphatic heterocycles. The molecule has 6 nitrogen and oxygen atoms in total. The van der Waals surface area contributed by atoms with Crippen molar-refractivity contribution in [3.63, 3.8) is 0 Å². The normalized spacial score (nSPS) is 10.6. The minimum absolute atomic E-state index is 0.0389. The van der Waals surface area contributed by atoms with Crippen LogP contribution in [-0.2, 0) is 17.6 Å². The number of pyridine rings is 1. The molecule has 0 fully saturated rings. The highest BCUT2D eigenvalue weighted by molar-refractivity contribution is 5.91. The number of hydrogen-bond acceptors (Lipinski definition) is 4. The van der Waals surface area contributed by atoms with Crippen molar-refractivity contribution in [2.75, 3.05) is 13.2 Å². The lowest BCUT2D eigenvalue weighted by molar-refractivity contribution is -0.117. The predicted octanol–water partition coefficient (Wildman–Crippen LogP) is 7.04. The van der Waals surface area contributed by atoms with Crippen LogP contribution < -0.4 is 9.47 Å². The summed E-state index contributed by atoms with van der Waals surface area (Å²) in [5.74, 6) is -1.81. The Bertz CT molecular complexity index is 1590. The second kappa shape index (κ2) is 11.9. The van der Waals surface area contributed by atoms with Gasteiger partial charge in [0.2, 0.25) is 12.2 Å². The van der Waals surface area contributed by atoms with Crippen molar-refractivity contribution in [2.45, 2.75) is 19.3 Å². The van der Waals surface area contributed by atoms with E-state index in [9.17, 15) is 18.0 Å². The van der Waals surface area contributed by atoms with Crippen molar-refractivity contribution in [3.05, 3.63) is 112 Å². The van der Waals surface area contributed by atoms with Crippen LogP contribution in [0.5, 0.6) is 17.2 Å². The topological polar surface area (TPSA) is 57.1 Å². The molecule has 38 heavy (non-hydrogen) atoms. The number of ketones is 1. The fourth-order valence-electron chi connectivity index (χ4n) is 3.77. The molecule has 1 aromatic heterocycles. The Morgan fingerprint density at radius 2 is 1.63 bits per heavy atom. The second-order valence-corrected chi connectivity index (χ2v) is 8.32. The molecule has 0 aliphatic rings. The van der Waals surface area contributed by atoms with Gasteiger partial charge in [-0.15, -0.1) is 0 Å². The third-order valence-corrected chi connectivity index (χ3v) is 5.62. The maximum absolute atomic E-state index is 14.8. The Hall–Kier alpha value is -4.89. The fraction of sp³-hybridized carbons (Fsp3) is 0.172. The van der Waals surface area contributed by atoms with E-state index in [1.165, 1.54) is 24.4 Å². The van der Waals surface area contributed by atoms with E-state index in [2.05, 4.69) is 14.7 Å². The molecule has 0 saturated heterocycles. The Balaban J connectivity index is 1.50. The van der Waals surface area contributed by atoms with Gasteiger partial charge < -0.3 is 14.3 Å². The number of carbonyl (C=O) groups is 1. The van der Waals surface area contributed by atoms with E-state index in [4.69, 9.17) is 22.6 Å². The first-order valence-electron chi connectivity index (χ1n) is 11.6. The van der Waals surface area contributed by atoms with Gasteiger partial charge in [0.05, 0.1) is 25.1 Å². The summed E-state index contributed by atoms with van der Waals surface area (Å²) in [4.78, 5) is 23.4. The van der Waals surface area contributed by atoms with E-state index < -0.39 is 23.2 Å². The van der Waals surface area contributed by atoms with Gasteiger partial charge in [0.25, 0.3) is 0 Å². The Kier molecular flexibility index (Phi) is 8.20. The molecule has 0 unspecified atom stereocenters. The molecule has 190 valence electrons. The van der Waals surface area contributed by atoms with Crippen LogP contribution in [0, 0.1) is 30.6 Å². The smallest absolute Gasteiger partial charge is 0.229 e. The average molecular weight is 515 g/mol. The van der Waals surface area contributed by atoms with Crippen LogP contribution in [0.2, 0.25) is 0 Å². The molecule has 0 spiro atoms. The van der Waals surface area contributed by atoms with Gasteiger partial charge in [-0.05, 0) is 41.5 Å². The number of fused-ring (bicyclic) bond motifs is 1. The van der Waals surface area contributed by atoms with Crippen molar-refractivity contribution < 1.29 is 27.4 Å². The molecule has 0 saturated carbocycles. The van der Waals surface area contributed by atoms with Gasteiger partial charge in [0.15, 0.2) is 0 Å². The quantitative estimate of drug-likeness (QED) is 0.168. The molecule has 1 heterocycles. The van der Waals surface area contributed by atoms with Crippen LogP contribution >= 0.6 is 0 Å². The molecule has 0 amide bonds. The van der Waals surface area contributed by atoms with E-state index in [1.54, 1.807) is 18.2 Å². The molecule has 3 aromatic carbocycles. The van der Waals surface area contributed by atoms with Crippen LogP contribution in [0.1, 0.15) is 17.5 Å². The Morgan fingerprint density at radius 1 is 0.895 bits per heavy atom. The first-order chi connectivity index (χ1) is 18.4. The maximum atomic E-state index is 14.8. The minimum Gasteiger partial charge on any atom is -0.504 e. The van der Waals surface area contributed by atoms with Crippen molar-refractivity contribution >= 4 is 22.4 Å². The number of halogens is 3. The lowest BCUT2D eigenvalue weighted by atomic mass is 10.0. The molecule has 4 aromatic rings. The molecule has 0 atom stereocenters. The van der Waals surface area contributed by atoms with Gasteiger partial charge in [-0.25, -0.2) is 24.6 Å². The van der Waals surface area contributed by atoms with Gasteiger partial charge in [-0.2, -0.15) is 0 Å². The number of Topliss-reactive ketones (excluding diaryl/α,β-unsaturated/α-hetero) is 1. The molecule has 0 radical (unpaired) electrons. The summed E-state index contributed by atoms with van der Waals surface area (Å²) >= 11 is 0. The fourth-order valence-corrected chi connectivity index (χ4v) is 3.77. The van der Waals surface area contributed by atoms with Crippen molar-refractivity contribution in [2.24, 2.45) is 0 Å². The highest BCUT2D eigenvalue weighted by Crippen LogP contribution is 2.37. The number of ether oxygens (including phenoxy) is 2. The number of rotatable bonds is 10. The highest BCUT2D eigenvalue weighted by atomic mass is 19.1. The summed E-state index contributed by atoms with van der Waals surface area (Å²) in [6.45, 7) is 14.9. The summed E-state index contributed by atoms with van der Waals surface area (Å²) in [5.41, 5.74) is 0.901. The van der Waals surface area contributed by atoms with E-state index in [0.717, 1.165) is 12.1 Å². The van der Waals surface area contributed by atoms with Crippen molar-refractivity contribution in [3.8, 4) is 17.2 Å². The first kappa shape index (κ1) is 26.2. The van der Waals surface area contributed by atoms with Crippen molar-refractivity contribution in [1.82, 2.24) is 4.98 Å². The number of nitrogens with zero attached hydrogens (tertiary/aromatic N) is 3. The van der Waals surface area contributed by atoms with Crippen LogP contribution in [0.25, 0.3) is 20.6 Å². The molecule has 0 bridgehead atoms. The van der Waals surface area contributed by atoms with Crippen molar-refractivity contribution in [1.29, 1.82) is 0 Å². The second-order valence-electron chi connectivity index (χ2n) is 8.32. The van der Waals surface area contributed by atoms with E-state index >= 15 is 0 Å². The average Bonchev–Trinajstić information content (AvgIpc) is 2.89. The monoisotopic (exact) mass is 515 g/mol. The zero-order valence-corrected chi connectivity index (χ0v) is 20.0. The van der Waals surface area contributed by atoms with E-state index in [-0.39, 0.29) is 35.4 Å². The van der Waals surface area contributed by atoms with Crippen LogP contribution in [0.3, 0.4) is 0 Å². The van der Waals surface area contributed by atoms with Crippen LogP contribution in [-0.4, -0.2) is 23.9 Å². The SMILES string of the molecule is [C-]#[N+]CCCOc1cc2nccc(Oc3ccc(CC(=O)Cc4ccc(F)cc4F)c(F)c3)c2cc1[N+]#[C-]. The number of aromatic nitrogens is 1. The molecular weight excluding hydrogens is 495 g/mol. The molecule has 9 heteroatoms. The van der Waals surface area contributed by atoms with Crippen LogP contribution in [0.15, 0.2) is 60.8 Å². The molecular formula is C29H20F3N3O3. The highest BCUT2D eigenvalue weighted by Gasteiger charge is 2.15. The lowest BCUT2D eigenvalue weighted by Crippen LogP contribution is -2.09. The maximum Gasteiger partial charge on any atom is 0.229 e. The summed E-state index contributed by atoms with van der Waals surface area (Å²) < 4.78 is 53.2. The summed E-state index contributed by atoms with van der Waals surface area (Å²) in [6.07, 6.45) is 1.48. The largest absolute Gasteiger partial charge is 0.504 e. The third kappa shape index (κ3) is 6.26. The molecule has 0 N–H and O–H groups in total. The summed E-state index contributed by atoms with van der Waals surface area (Å²) in [7, 11) is 0. The third-order valence-electron chi connectivity index (χ3n) is 5.62. The van der Waals surface area contributed by atoms with Crippen LogP contribution in [0.4, 0.5) is 18.9 Å². The zero-order chi connectivity index (χ0) is 27.1. The predicted molar refractivity (Wildman–Crippen MR) is 135 cm³/mol. The standard InChI is InChI=1S/C29H20F3N3O3/c1-33-9-3-11-37-29-17-26-23(16-27(29)34-2)28(8-10-35-26)38-22-7-5-19(25(32)15-22)13-21(36)12-18-4-6-20(30)14-24(18)31/h4-8,10,14-17H,3,9,11-13H2. The zero-order valence-electron chi connectivity index (χ0n) is 20.0. The van der Waals surface area contributed by atoms with Gasteiger partial charge in [0, 0.05) is 36.6 Å². The lowest BCUT2D eigenvalue weighted by Gasteiger charge is -2.12. The van der Waals surface area contributed by atoms with E-state index in [1.807, 2.05) is 0 Å². The number of hydrogen-bond donors (Lipinski definition) is 0. The molecule has 0 aliphatic carbocycles. The first-order valence-corrected chi connectivity index (χ1v) is 11.6. The van der Waals surface area contributed by atoms with Gasteiger partial charge in [-0.1, -0.05) is 12.1 Å². The Labute approximate surface area is 216 Å². The minimum atomic E-state index is -0.827. The van der Waals surface area contributed by atoms with Gasteiger partial charge in [0.1, 0.15) is 40.5 Å². The number of carbonyl (C=O) groups excluding carboxylic acids is 1. The number of benzene rings is 3. The Morgan fingerprint density at radius 3 is 2.32 bits per heavy atom. The molecule has 4 rings (SSSR count). The summed E-state index contributed by atoms with van der Waals surface area (Å²) in [5, 5.41) is 0.521. The van der Waals surface area contributed by atoms with Gasteiger partial charge >= 0.3 is 0 Å². The summed E-state index contributed by atoms with van der Waals surface area (Å²) in [6, 6.07) is 11.8.